The van der Waals surface area contributed by atoms with Crippen LogP contribution in [-0.4, -0.2) is 44.4 Å². The average Bonchev–Trinajstić information content (AvgIpc) is 1.85. The second kappa shape index (κ2) is 9.03. The number of aliphatic hydroxyl groups excluding tert-OH is 3. The summed E-state index contributed by atoms with van der Waals surface area (Å²) in [6.07, 6.45) is -0.954. The summed E-state index contributed by atoms with van der Waals surface area (Å²) in [5.41, 5.74) is 0. The molecular formula is C3H11O6P. The van der Waals surface area contributed by atoms with Crippen LogP contribution in [0.1, 0.15) is 0 Å². The van der Waals surface area contributed by atoms with Crippen molar-refractivity contribution in [2.75, 3.05) is 13.2 Å². The lowest BCUT2D eigenvalue weighted by atomic mass is 10.4. The second-order valence-electron chi connectivity index (χ2n) is 1.30. The summed E-state index contributed by atoms with van der Waals surface area (Å²) in [5.74, 6) is 0. The molecule has 0 saturated carbocycles. The number of rotatable bonds is 2. The minimum absolute atomic E-state index is 0.365. The summed E-state index contributed by atoms with van der Waals surface area (Å²) in [7, 11) is -3.13. The molecule has 0 aromatic heterocycles. The molecule has 6 nitrogen and oxygen atoms in total. The molecule has 0 atom stereocenters. The molecule has 0 bridgehead atoms. The Labute approximate surface area is 58.3 Å². The highest BCUT2D eigenvalue weighted by Crippen LogP contribution is 1.98. The molecule has 0 saturated heterocycles. The normalized spacial score (nSPS) is 9.50. The van der Waals surface area contributed by atoms with Gasteiger partial charge in [-0.1, -0.05) is 0 Å². The van der Waals surface area contributed by atoms with Gasteiger partial charge in [-0.05, 0) is 0 Å². The first-order chi connectivity index (χ1) is 4.54. The average molecular weight is 174 g/mol. The Kier molecular flexibility index (Phi) is 11.5. The fourth-order valence-corrected chi connectivity index (χ4v) is 0.0577. The van der Waals surface area contributed by atoms with Crippen LogP contribution in [0.3, 0.4) is 0 Å². The van der Waals surface area contributed by atoms with E-state index in [2.05, 4.69) is 0 Å². The summed E-state index contributed by atoms with van der Waals surface area (Å²) in [4.78, 5) is 14.3. The van der Waals surface area contributed by atoms with E-state index in [1.54, 1.807) is 0 Å². The minimum atomic E-state index is -3.13. The van der Waals surface area contributed by atoms with Gasteiger partial charge in [0.15, 0.2) is 0 Å². The standard InChI is InChI=1S/C3H8O3.H3O3P/c4-1-3(6)2-5;1-4(2)3/h3-6H,1-2H2;4H,(H2,1,2,3). The Balaban J connectivity index is 0. The quantitative estimate of drug-likeness (QED) is 0.300. The molecule has 0 aromatic carbocycles. The van der Waals surface area contributed by atoms with Crippen LogP contribution >= 0.6 is 8.25 Å². The predicted molar refractivity (Wildman–Crippen MR) is 33.6 cm³/mol. The van der Waals surface area contributed by atoms with Gasteiger partial charge in [0, 0.05) is 0 Å². The van der Waals surface area contributed by atoms with Crippen LogP contribution in [0, 0.1) is 0 Å². The van der Waals surface area contributed by atoms with Crippen molar-refractivity contribution in [1.82, 2.24) is 0 Å². The molecule has 0 rings (SSSR count). The van der Waals surface area contributed by atoms with Crippen molar-refractivity contribution in [3.8, 4) is 0 Å². The summed E-state index contributed by atoms with van der Waals surface area (Å²) < 4.78 is 8.74. The third-order valence-electron chi connectivity index (χ3n) is 0.421. The van der Waals surface area contributed by atoms with Gasteiger partial charge in [-0.15, -0.1) is 0 Å². The highest BCUT2D eigenvalue weighted by Gasteiger charge is 1.93. The third-order valence-corrected chi connectivity index (χ3v) is 0.421. The molecule has 0 fully saturated rings. The first kappa shape index (κ1) is 12.7. The Morgan fingerprint density at radius 1 is 1.20 bits per heavy atom. The lowest BCUT2D eigenvalue weighted by molar-refractivity contribution is 0.0450. The van der Waals surface area contributed by atoms with E-state index in [9.17, 15) is 0 Å². The van der Waals surface area contributed by atoms with E-state index in [0.29, 0.717) is 0 Å². The van der Waals surface area contributed by atoms with Crippen molar-refractivity contribution in [3.05, 3.63) is 0 Å². The monoisotopic (exact) mass is 174 g/mol. The minimum Gasteiger partial charge on any atom is -0.394 e. The third kappa shape index (κ3) is 24.4. The van der Waals surface area contributed by atoms with E-state index in [-0.39, 0.29) is 13.2 Å². The van der Waals surface area contributed by atoms with Gasteiger partial charge in [-0.3, -0.25) is 4.57 Å². The first-order valence-electron chi connectivity index (χ1n) is 2.36. The molecule has 7 heteroatoms. The van der Waals surface area contributed by atoms with Crippen molar-refractivity contribution in [2.45, 2.75) is 6.10 Å². The molecule has 0 aromatic rings. The van der Waals surface area contributed by atoms with Gasteiger partial charge in [-0.2, -0.15) is 0 Å². The topological polar surface area (TPSA) is 118 Å². The van der Waals surface area contributed by atoms with Gasteiger partial charge in [-0.25, -0.2) is 0 Å². The molecule has 0 radical (unpaired) electrons. The first-order valence-corrected chi connectivity index (χ1v) is 3.66. The molecule has 64 valence electrons. The number of hydrogen-bond donors (Lipinski definition) is 5. The summed E-state index contributed by atoms with van der Waals surface area (Å²) >= 11 is 0. The van der Waals surface area contributed by atoms with Crippen LogP contribution in [0.4, 0.5) is 0 Å². The highest BCUT2D eigenvalue weighted by molar-refractivity contribution is 7.30. The molecule has 0 aliphatic rings. The zero-order valence-electron chi connectivity index (χ0n) is 5.14. The van der Waals surface area contributed by atoms with Crippen LogP contribution in [0.2, 0.25) is 0 Å². The summed E-state index contributed by atoms with van der Waals surface area (Å²) in [5, 5.41) is 24.0. The van der Waals surface area contributed by atoms with E-state index < -0.39 is 14.4 Å². The van der Waals surface area contributed by atoms with Crippen LogP contribution < -0.4 is 0 Å². The second-order valence-corrected chi connectivity index (χ2v) is 1.87. The van der Waals surface area contributed by atoms with Gasteiger partial charge in [0.25, 0.3) is 0 Å². The van der Waals surface area contributed by atoms with Crippen molar-refractivity contribution in [1.29, 1.82) is 0 Å². The molecule has 10 heavy (non-hydrogen) atoms. The molecule has 5 N–H and O–H groups in total. The molecular weight excluding hydrogens is 163 g/mol. The smallest absolute Gasteiger partial charge is 0.314 e. The van der Waals surface area contributed by atoms with Gasteiger partial charge < -0.3 is 25.1 Å². The van der Waals surface area contributed by atoms with Crippen LogP contribution in [0.25, 0.3) is 0 Å². The molecule has 0 spiro atoms. The predicted octanol–water partition coefficient (Wildman–Crippen LogP) is -2.31. The molecule has 0 unspecified atom stereocenters. The van der Waals surface area contributed by atoms with Gasteiger partial charge >= 0.3 is 8.25 Å². The van der Waals surface area contributed by atoms with Crippen LogP contribution in [-0.2, 0) is 4.57 Å². The zero-order chi connectivity index (χ0) is 8.57. The maximum Gasteiger partial charge on any atom is 0.314 e. The number of hydrogen-bond acceptors (Lipinski definition) is 4. The zero-order valence-corrected chi connectivity index (χ0v) is 6.14. The lowest BCUT2D eigenvalue weighted by Gasteiger charge is -1.96. The van der Waals surface area contributed by atoms with Crippen molar-refractivity contribution < 1.29 is 29.7 Å². The highest BCUT2D eigenvalue weighted by atomic mass is 31.1. The Morgan fingerprint density at radius 3 is 1.40 bits per heavy atom. The molecule has 0 aliphatic carbocycles. The van der Waals surface area contributed by atoms with Gasteiger partial charge in [0.05, 0.1) is 13.2 Å². The Bertz CT molecular complexity index is 77.1. The maximum absolute atomic E-state index is 8.74. The lowest BCUT2D eigenvalue weighted by Crippen LogP contribution is -2.15. The largest absolute Gasteiger partial charge is 0.394 e. The van der Waals surface area contributed by atoms with E-state index in [4.69, 9.17) is 29.7 Å². The Morgan fingerprint density at radius 2 is 1.40 bits per heavy atom. The molecule has 0 amide bonds. The van der Waals surface area contributed by atoms with Crippen molar-refractivity contribution in [2.24, 2.45) is 0 Å². The summed E-state index contributed by atoms with van der Waals surface area (Å²) in [6, 6.07) is 0. The SMILES string of the molecule is O=[PH](O)O.OCC(O)CO. The maximum atomic E-state index is 8.74. The van der Waals surface area contributed by atoms with Crippen molar-refractivity contribution >= 4 is 8.25 Å². The van der Waals surface area contributed by atoms with E-state index in [1.807, 2.05) is 0 Å². The Hall–Kier alpha value is 0.0300. The van der Waals surface area contributed by atoms with Gasteiger partial charge in [0.1, 0.15) is 6.10 Å². The van der Waals surface area contributed by atoms with Crippen LogP contribution in [0.5, 0.6) is 0 Å². The fourth-order valence-electron chi connectivity index (χ4n) is 0.0577. The summed E-state index contributed by atoms with van der Waals surface area (Å²) in [6.45, 7) is -0.729. The molecule has 0 heterocycles. The van der Waals surface area contributed by atoms with Crippen molar-refractivity contribution in [3.63, 3.8) is 0 Å². The van der Waals surface area contributed by atoms with E-state index in [0.717, 1.165) is 0 Å². The van der Waals surface area contributed by atoms with Gasteiger partial charge in [0.2, 0.25) is 0 Å². The van der Waals surface area contributed by atoms with Crippen LogP contribution in [0.15, 0.2) is 0 Å². The fraction of sp³-hybridized carbons (Fsp3) is 1.00. The van der Waals surface area contributed by atoms with E-state index >= 15 is 0 Å². The molecule has 0 aliphatic heterocycles. The number of aliphatic hydroxyl groups is 3. The van der Waals surface area contributed by atoms with E-state index in [1.165, 1.54) is 0 Å².